The van der Waals surface area contributed by atoms with Gasteiger partial charge in [0, 0.05) is 42.7 Å². The number of rotatable bonds is 7. The van der Waals surface area contributed by atoms with Crippen LogP contribution in [0.1, 0.15) is 17.0 Å². The molecule has 2 aromatic rings. The van der Waals surface area contributed by atoms with E-state index < -0.39 is 10.0 Å². The first-order valence-corrected chi connectivity index (χ1v) is 7.68. The summed E-state index contributed by atoms with van der Waals surface area (Å²) < 4.78 is 27.0. The van der Waals surface area contributed by atoms with Crippen molar-refractivity contribution >= 4 is 10.0 Å². The predicted octanol–water partition coefficient (Wildman–Crippen LogP) is -0.318. The molecule has 0 atom stereocenters. The summed E-state index contributed by atoms with van der Waals surface area (Å²) in [6.07, 6.45) is 3.77. The molecule has 2 rings (SSSR count). The molecule has 0 radical (unpaired) electrons. The number of nitrogens with one attached hydrogen (secondary N) is 4. The van der Waals surface area contributed by atoms with Crippen LogP contribution in [0.25, 0.3) is 0 Å². The Balaban J connectivity index is 2.06. The van der Waals surface area contributed by atoms with E-state index in [1.165, 1.54) is 0 Å². The van der Waals surface area contributed by atoms with Crippen LogP contribution in [0, 0.1) is 6.92 Å². The number of aromatic nitrogens is 4. The molecule has 2 aromatic heterocycles. The fourth-order valence-electron chi connectivity index (χ4n) is 1.85. The lowest BCUT2D eigenvalue weighted by atomic mass is 10.3. The summed E-state index contributed by atoms with van der Waals surface area (Å²) in [4.78, 5) is 6.80. The van der Waals surface area contributed by atoms with Crippen molar-refractivity contribution in [3.8, 4) is 0 Å². The molecule has 9 heteroatoms. The van der Waals surface area contributed by atoms with Gasteiger partial charge in [-0.1, -0.05) is 0 Å². The highest BCUT2D eigenvalue weighted by Gasteiger charge is 2.22. The largest absolute Gasteiger partial charge is 0.348 e. The molecule has 8 nitrogen and oxygen atoms in total. The summed E-state index contributed by atoms with van der Waals surface area (Å²) in [6, 6.07) is 0. The highest BCUT2D eigenvalue weighted by molar-refractivity contribution is 7.89. The molecule has 0 spiro atoms. The molecule has 0 aliphatic rings. The van der Waals surface area contributed by atoms with E-state index in [4.69, 9.17) is 0 Å². The second-order valence-corrected chi connectivity index (χ2v) is 6.07. The summed E-state index contributed by atoms with van der Waals surface area (Å²) in [5.74, 6) is 0. The van der Waals surface area contributed by atoms with Crippen molar-refractivity contribution < 1.29 is 8.42 Å². The number of H-pyrrole nitrogens is 2. The van der Waals surface area contributed by atoms with Crippen molar-refractivity contribution in [3.63, 3.8) is 0 Å². The maximum atomic E-state index is 12.2. The van der Waals surface area contributed by atoms with E-state index in [9.17, 15) is 8.42 Å². The second-order valence-electron chi connectivity index (χ2n) is 4.39. The molecule has 0 aliphatic carbocycles. The van der Waals surface area contributed by atoms with Crippen molar-refractivity contribution in [1.82, 2.24) is 30.2 Å². The van der Waals surface area contributed by atoms with Crippen LogP contribution in [0.3, 0.4) is 0 Å². The standard InChI is InChI=1S/C11H18N6O2S/c1-8-10(6-12-2)11(17-16-8)20(18,19)15-4-3-9-5-13-7-14-9/h5,7,12,15H,3-4,6H2,1-2H3,(H,13,14)(H,16,17). The van der Waals surface area contributed by atoms with Crippen LogP contribution >= 0.6 is 0 Å². The minimum atomic E-state index is -3.61. The number of imidazole rings is 1. The summed E-state index contributed by atoms with van der Waals surface area (Å²) in [7, 11) is -1.85. The fraction of sp³-hybridized carbons (Fsp3) is 0.455. The van der Waals surface area contributed by atoms with Crippen molar-refractivity contribution in [1.29, 1.82) is 0 Å². The summed E-state index contributed by atoms with van der Waals surface area (Å²) in [5.41, 5.74) is 2.27. The summed E-state index contributed by atoms with van der Waals surface area (Å²) in [6.45, 7) is 2.53. The van der Waals surface area contributed by atoms with E-state index in [0.29, 0.717) is 18.5 Å². The Kier molecular flexibility index (Phi) is 4.53. The van der Waals surface area contributed by atoms with Crippen LogP contribution in [-0.2, 0) is 23.0 Å². The first-order valence-electron chi connectivity index (χ1n) is 6.20. The molecule has 0 fully saturated rings. The number of sulfonamides is 1. The molecule has 0 saturated heterocycles. The lowest BCUT2D eigenvalue weighted by Crippen LogP contribution is -2.27. The first kappa shape index (κ1) is 14.7. The number of aryl methyl sites for hydroxylation is 1. The quantitative estimate of drug-likeness (QED) is 0.559. The van der Waals surface area contributed by atoms with E-state index in [2.05, 4.69) is 30.2 Å². The monoisotopic (exact) mass is 298 g/mol. The lowest BCUT2D eigenvalue weighted by molar-refractivity contribution is 0.575. The Morgan fingerprint density at radius 3 is 2.85 bits per heavy atom. The van der Waals surface area contributed by atoms with E-state index >= 15 is 0 Å². The highest BCUT2D eigenvalue weighted by Crippen LogP contribution is 2.15. The molecule has 20 heavy (non-hydrogen) atoms. The van der Waals surface area contributed by atoms with Crippen LogP contribution in [0.4, 0.5) is 0 Å². The van der Waals surface area contributed by atoms with Gasteiger partial charge >= 0.3 is 0 Å². The zero-order valence-electron chi connectivity index (χ0n) is 11.4. The zero-order chi connectivity index (χ0) is 14.6. The second kappa shape index (κ2) is 6.16. The third kappa shape index (κ3) is 3.24. The molecule has 4 N–H and O–H groups in total. The van der Waals surface area contributed by atoms with Gasteiger partial charge in [0.05, 0.1) is 6.33 Å². The molecule has 0 amide bonds. The Morgan fingerprint density at radius 1 is 1.40 bits per heavy atom. The van der Waals surface area contributed by atoms with Crippen LogP contribution < -0.4 is 10.0 Å². The van der Waals surface area contributed by atoms with Gasteiger partial charge < -0.3 is 10.3 Å². The Labute approximate surface area is 117 Å². The Morgan fingerprint density at radius 2 is 2.20 bits per heavy atom. The third-order valence-corrected chi connectivity index (χ3v) is 4.32. The van der Waals surface area contributed by atoms with Gasteiger partial charge in [0.25, 0.3) is 10.0 Å². The average Bonchev–Trinajstić information content (AvgIpc) is 3.01. The average molecular weight is 298 g/mol. The Bertz CT molecular complexity index is 647. The van der Waals surface area contributed by atoms with Gasteiger partial charge in [0.15, 0.2) is 5.03 Å². The normalized spacial score (nSPS) is 11.9. The van der Waals surface area contributed by atoms with Gasteiger partial charge in [0.2, 0.25) is 0 Å². The molecule has 2 heterocycles. The molecule has 110 valence electrons. The first-order chi connectivity index (χ1) is 9.54. The molecule has 0 aromatic carbocycles. The SMILES string of the molecule is CNCc1c(S(=O)(=O)NCCc2cnc[nH]2)n[nH]c1C. The van der Waals surface area contributed by atoms with Crippen LogP contribution in [-0.4, -0.2) is 42.2 Å². The summed E-state index contributed by atoms with van der Waals surface area (Å²) in [5, 5.41) is 9.58. The number of nitrogens with zero attached hydrogens (tertiary/aromatic N) is 2. The van der Waals surface area contributed by atoms with Gasteiger partial charge in [0.1, 0.15) is 0 Å². The van der Waals surface area contributed by atoms with Gasteiger partial charge in [-0.25, -0.2) is 18.1 Å². The van der Waals surface area contributed by atoms with Gasteiger partial charge in [-0.05, 0) is 14.0 Å². The predicted molar refractivity (Wildman–Crippen MR) is 73.6 cm³/mol. The van der Waals surface area contributed by atoms with E-state index in [-0.39, 0.29) is 11.6 Å². The van der Waals surface area contributed by atoms with Crippen LogP contribution in [0.2, 0.25) is 0 Å². The highest BCUT2D eigenvalue weighted by atomic mass is 32.2. The molecular formula is C11H18N6O2S. The topological polar surface area (TPSA) is 116 Å². The van der Waals surface area contributed by atoms with Crippen molar-refractivity contribution in [2.75, 3.05) is 13.6 Å². The van der Waals surface area contributed by atoms with Gasteiger partial charge in [-0.2, -0.15) is 5.10 Å². The molecule has 0 bridgehead atoms. The number of hydrogen-bond donors (Lipinski definition) is 4. The minimum Gasteiger partial charge on any atom is -0.348 e. The van der Waals surface area contributed by atoms with Gasteiger partial charge in [-0.3, -0.25) is 5.10 Å². The molecule has 0 saturated carbocycles. The third-order valence-electron chi connectivity index (χ3n) is 2.89. The van der Waals surface area contributed by atoms with Crippen molar-refractivity contribution in [2.45, 2.75) is 24.9 Å². The Hall–Kier alpha value is -1.71. The fourth-order valence-corrected chi connectivity index (χ4v) is 3.07. The zero-order valence-corrected chi connectivity index (χ0v) is 12.2. The molecular weight excluding hydrogens is 280 g/mol. The number of aromatic amines is 2. The van der Waals surface area contributed by atoms with Crippen molar-refractivity contribution in [2.24, 2.45) is 0 Å². The lowest BCUT2D eigenvalue weighted by Gasteiger charge is -2.06. The van der Waals surface area contributed by atoms with E-state index in [1.807, 2.05) is 0 Å². The van der Waals surface area contributed by atoms with E-state index in [1.54, 1.807) is 26.5 Å². The number of hydrogen-bond acceptors (Lipinski definition) is 5. The molecule has 0 aliphatic heterocycles. The van der Waals surface area contributed by atoms with Crippen molar-refractivity contribution in [3.05, 3.63) is 29.5 Å². The molecule has 0 unspecified atom stereocenters. The van der Waals surface area contributed by atoms with E-state index in [0.717, 1.165) is 11.4 Å². The van der Waals surface area contributed by atoms with Crippen LogP contribution in [0.15, 0.2) is 17.6 Å². The van der Waals surface area contributed by atoms with Crippen LogP contribution in [0.5, 0.6) is 0 Å². The minimum absolute atomic E-state index is 0.0500. The maximum absolute atomic E-state index is 12.2. The maximum Gasteiger partial charge on any atom is 0.260 e. The smallest absolute Gasteiger partial charge is 0.260 e. The van der Waals surface area contributed by atoms with Gasteiger partial charge in [-0.15, -0.1) is 0 Å². The summed E-state index contributed by atoms with van der Waals surface area (Å²) >= 11 is 0.